The van der Waals surface area contributed by atoms with E-state index in [0.29, 0.717) is 41.7 Å². The highest BCUT2D eigenvalue weighted by Gasteiger charge is 2.31. The van der Waals surface area contributed by atoms with Crippen LogP contribution in [0.1, 0.15) is 44.7 Å². The molecule has 0 N–H and O–H groups in total. The first-order chi connectivity index (χ1) is 17.0. The molecule has 7 nitrogen and oxygen atoms in total. The molecule has 2 aromatic carbocycles. The van der Waals surface area contributed by atoms with E-state index in [-0.39, 0.29) is 23.3 Å². The van der Waals surface area contributed by atoms with Crippen LogP contribution in [0.25, 0.3) is 10.9 Å². The molecule has 0 bridgehead atoms. The van der Waals surface area contributed by atoms with E-state index < -0.39 is 0 Å². The number of hydrogen-bond acceptors (Lipinski definition) is 6. The molecular weight excluding hydrogens is 462 g/mol. The van der Waals surface area contributed by atoms with E-state index in [1.54, 1.807) is 4.57 Å². The quantitative estimate of drug-likeness (QED) is 0.352. The Morgan fingerprint density at radius 3 is 2.77 bits per heavy atom. The number of para-hydroxylation sites is 1. The molecule has 0 spiro atoms. The van der Waals surface area contributed by atoms with Gasteiger partial charge >= 0.3 is 0 Å². The SMILES string of the molecule is CC(C)CCn1c(SCC(=O)N2CCCC2c2ccc3c(c2)OCCO3)nc2ccccc2c1=O. The van der Waals surface area contributed by atoms with Gasteiger partial charge in [0, 0.05) is 13.1 Å². The molecule has 2 aliphatic heterocycles. The first kappa shape index (κ1) is 23.7. The fourth-order valence-corrected chi connectivity index (χ4v) is 5.64. The lowest BCUT2D eigenvalue weighted by Crippen LogP contribution is -2.32. The predicted octanol–water partition coefficient (Wildman–Crippen LogP) is 4.67. The van der Waals surface area contributed by atoms with Crippen LogP contribution in [-0.4, -0.2) is 45.9 Å². The minimum absolute atomic E-state index is 0.0200. The third kappa shape index (κ3) is 5.03. The molecule has 2 aliphatic rings. The Morgan fingerprint density at radius 2 is 1.94 bits per heavy atom. The van der Waals surface area contributed by atoms with Crippen LogP contribution in [0.2, 0.25) is 0 Å². The summed E-state index contributed by atoms with van der Waals surface area (Å²) in [7, 11) is 0. The number of carbonyl (C=O) groups excluding carboxylic acids is 1. The van der Waals surface area contributed by atoms with Gasteiger partial charge < -0.3 is 14.4 Å². The molecule has 184 valence electrons. The number of benzene rings is 2. The third-order valence-electron chi connectivity index (χ3n) is 6.61. The van der Waals surface area contributed by atoms with Crippen molar-refractivity contribution >= 4 is 28.6 Å². The summed E-state index contributed by atoms with van der Waals surface area (Å²) in [6.45, 7) is 6.70. The molecule has 0 saturated carbocycles. The number of rotatable bonds is 7. The van der Waals surface area contributed by atoms with Gasteiger partial charge in [-0.05, 0) is 55.0 Å². The number of aromatic nitrogens is 2. The summed E-state index contributed by atoms with van der Waals surface area (Å²) < 4.78 is 13.1. The monoisotopic (exact) mass is 493 g/mol. The maximum Gasteiger partial charge on any atom is 0.262 e. The normalized spacial score (nSPS) is 17.3. The summed E-state index contributed by atoms with van der Waals surface area (Å²) in [4.78, 5) is 33.3. The smallest absolute Gasteiger partial charge is 0.262 e. The number of likely N-dealkylation sites (tertiary alicyclic amines) is 1. The van der Waals surface area contributed by atoms with Gasteiger partial charge in [0.05, 0.1) is 22.7 Å². The van der Waals surface area contributed by atoms with Crippen LogP contribution in [0, 0.1) is 5.92 Å². The Labute approximate surface area is 209 Å². The van der Waals surface area contributed by atoms with Crippen LogP contribution in [0.5, 0.6) is 11.5 Å². The van der Waals surface area contributed by atoms with Crippen molar-refractivity contribution in [3.05, 3.63) is 58.4 Å². The van der Waals surface area contributed by atoms with Gasteiger partial charge in [-0.1, -0.05) is 43.8 Å². The number of fused-ring (bicyclic) bond motifs is 2. The minimum atomic E-state index is -0.0403. The van der Waals surface area contributed by atoms with Crippen molar-refractivity contribution in [1.29, 1.82) is 0 Å². The second-order valence-corrected chi connectivity index (χ2v) is 10.4. The molecule has 1 aromatic heterocycles. The number of carbonyl (C=O) groups is 1. The zero-order valence-corrected chi connectivity index (χ0v) is 21.1. The fraction of sp³-hybridized carbons (Fsp3) is 0.444. The van der Waals surface area contributed by atoms with Crippen LogP contribution in [0.4, 0.5) is 0 Å². The summed E-state index contributed by atoms with van der Waals surface area (Å²) in [5.41, 5.74) is 1.70. The van der Waals surface area contributed by atoms with E-state index in [1.165, 1.54) is 11.8 Å². The second kappa shape index (κ2) is 10.3. The zero-order chi connectivity index (χ0) is 24.4. The average molecular weight is 494 g/mol. The number of hydrogen-bond donors (Lipinski definition) is 0. The first-order valence-corrected chi connectivity index (χ1v) is 13.3. The number of ether oxygens (including phenoxy) is 2. The molecule has 1 amide bonds. The maximum atomic E-state index is 13.4. The number of thioether (sulfide) groups is 1. The highest BCUT2D eigenvalue weighted by molar-refractivity contribution is 7.99. The molecule has 1 atom stereocenters. The summed E-state index contributed by atoms with van der Waals surface area (Å²) in [5, 5.41) is 1.22. The van der Waals surface area contributed by atoms with Crippen molar-refractivity contribution in [2.45, 2.75) is 50.9 Å². The highest BCUT2D eigenvalue weighted by Crippen LogP contribution is 2.38. The number of nitrogens with zero attached hydrogens (tertiary/aromatic N) is 3. The molecule has 8 heteroatoms. The average Bonchev–Trinajstić information content (AvgIpc) is 3.37. The van der Waals surface area contributed by atoms with E-state index in [0.717, 1.165) is 42.9 Å². The van der Waals surface area contributed by atoms with Gasteiger partial charge in [-0.15, -0.1) is 0 Å². The lowest BCUT2D eigenvalue weighted by molar-refractivity contribution is -0.129. The van der Waals surface area contributed by atoms with E-state index >= 15 is 0 Å². The van der Waals surface area contributed by atoms with Crippen LogP contribution in [0.15, 0.2) is 52.4 Å². The maximum absolute atomic E-state index is 13.4. The Bertz CT molecular complexity index is 1290. The van der Waals surface area contributed by atoms with Crippen molar-refractivity contribution in [1.82, 2.24) is 14.5 Å². The minimum Gasteiger partial charge on any atom is -0.486 e. The number of amides is 1. The fourth-order valence-electron chi connectivity index (χ4n) is 4.73. The van der Waals surface area contributed by atoms with Crippen LogP contribution in [0.3, 0.4) is 0 Å². The molecule has 1 saturated heterocycles. The van der Waals surface area contributed by atoms with Crippen molar-refractivity contribution in [3.63, 3.8) is 0 Å². The Hall–Kier alpha value is -3.00. The van der Waals surface area contributed by atoms with Crippen LogP contribution in [-0.2, 0) is 11.3 Å². The predicted molar refractivity (Wildman–Crippen MR) is 137 cm³/mol. The molecule has 0 radical (unpaired) electrons. The summed E-state index contributed by atoms with van der Waals surface area (Å²) in [5.74, 6) is 2.27. The topological polar surface area (TPSA) is 73.7 Å². The van der Waals surface area contributed by atoms with E-state index in [4.69, 9.17) is 14.5 Å². The molecular formula is C27H31N3O4S. The Balaban J connectivity index is 1.35. The van der Waals surface area contributed by atoms with Crippen molar-refractivity contribution in [2.75, 3.05) is 25.5 Å². The van der Waals surface area contributed by atoms with E-state index in [1.807, 2.05) is 47.4 Å². The van der Waals surface area contributed by atoms with Crippen molar-refractivity contribution < 1.29 is 14.3 Å². The van der Waals surface area contributed by atoms with E-state index in [2.05, 4.69) is 13.8 Å². The summed E-state index contributed by atoms with van der Waals surface area (Å²) in [6.07, 6.45) is 2.76. The van der Waals surface area contributed by atoms with Gasteiger partial charge in [0.1, 0.15) is 13.2 Å². The van der Waals surface area contributed by atoms with Gasteiger partial charge in [-0.2, -0.15) is 0 Å². The van der Waals surface area contributed by atoms with E-state index in [9.17, 15) is 9.59 Å². The Kier molecular flexibility index (Phi) is 7.00. The second-order valence-electron chi connectivity index (χ2n) is 9.49. The molecule has 0 aliphatic carbocycles. The molecule has 1 fully saturated rings. The van der Waals surface area contributed by atoms with Gasteiger partial charge in [0.15, 0.2) is 16.7 Å². The highest BCUT2D eigenvalue weighted by atomic mass is 32.2. The molecule has 1 unspecified atom stereocenters. The van der Waals surface area contributed by atoms with Crippen LogP contribution < -0.4 is 15.0 Å². The zero-order valence-electron chi connectivity index (χ0n) is 20.2. The third-order valence-corrected chi connectivity index (χ3v) is 7.57. The molecule has 5 rings (SSSR count). The summed E-state index contributed by atoms with van der Waals surface area (Å²) in [6, 6.07) is 13.4. The Morgan fingerprint density at radius 1 is 1.14 bits per heavy atom. The summed E-state index contributed by atoms with van der Waals surface area (Å²) >= 11 is 1.36. The van der Waals surface area contributed by atoms with Gasteiger partial charge in [0.25, 0.3) is 5.56 Å². The van der Waals surface area contributed by atoms with Crippen LogP contribution >= 0.6 is 11.8 Å². The standard InChI is InChI=1S/C27H31N3O4S/c1-18(2)11-13-30-26(32)20-6-3-4-7-21(20)28-27(30)35-17-25(31)29-12-5-8-22(29)19-9-10-23-24(16-19)34-15-14-33-23/h3-4,6-7,9-10,16,18,22H,5,8,11-15,17H2,1-2H3. The molecule has 3 aromatic rings. The molecule has 35 heavy (non-hydrogen) atoms. The first-order valence-electron chi connectivity index (χ1n) is 12.3. The lowest BCUT2D eigenvalue weighted by atomic mass is 10.0. The van der Waals surface area contributed by atoms with Gasteiger partial charge in [-0.25, -0.2) is 4.98 Å². The van der Waals surface area contributed by atoms with Gasteiger partial charge in [0.2, 0.25) is 5.91 Å². The lowest BCUT2D eigenvalue weighted by Gasteiger charge is -2.27. The van der Waals surface area contributed by atoms with Gasteiger partial charge in [-0.3, -0.25) is 14.2 Å². The van der Waals surface area contributed by atoms with Crippen molar-refractivity contribution in [2.24, 2.45) is 5.92 Å². The molecule has 3 heterocycles. The largest absolute Gasteiger partial charge is 0.486 e. The van der Waals surface area contributed by atoms with Crippen molar-refractivity contribution in [3.8, 4) is 11.5 Å².